The molecule has 0 aliphatic rings. The van der Waals surface area contributed by atoms with Crippen LogP contribution in [0.25, 0.3) is 0 Å². The van der Waals surface area contributed by atoms with Gasteiger partial charge < -0.3 is 14.2 Å². The quantitative estimate of drug-likeness (QED) is 0.334. The second-order valence-electron chi connectivity index (χ2n) is 5.65. The number of allylic oxidation sites excluding steroid dienone is 2. The van der Waals surface area contributed by atoms with Gasteiger partial charge in [-0.2, -0.15) is 0 Å². The number of rotatable bonds is 11. The smallest absolute Gasteiger partial charge is 0.342 e. The Balaban J connectivity index is 2.91. The van der Waals surface area contributed by atoms with E-state index in [2.05, 4.69) is 13.2 Å². The average Bonchev–Trinajstić information content (AvgIpc) is 2.58. The maximum atomic E-state index is 12.6. The third kappa shape index (κ3) is 5.76. The van der Waals surface area contributed by atoms with Crippen molar-refractivity contribution < 1.29 is 19.0 Å². The van der Waals surface area contributed by atoms with Gasteiger partial charge in [0.1, 0.15) is 17.1 Å². The van der Waals surface area contributed by atoms with Crippen LogP contribution in [0.1, 0.15) is 48.5 Å². The van der Waals surface area contributed by atoms with Gasteiger partial charge in [0.15, 0.2) is 0 Å². The number of hydrogen-bond acceptors (Lipinski definition) is 4. The fourth-order valence-corrected chi connectivity index (χ4v) is 2.49. The molecule has 0 radical (unpaired) electrons. The second kappa shape index (κ2) is 10.5. The first kappa shape index (κ1) is 19.8. The zero-order chi connectivity index (χ0) is 17.9. The molecule has 0 spiro atoms. The fourth-order valence-electron chi connectivity index (χ4n) is 2.49. The molecule has 0 heterocycles. The summed E-state index contributed by atoms with van der Waals surface area (Å²) in [5.74, 6) is 0.718. The molecule has 132 valence electrons. The highest BCUT2D eigenvalue weighted by Crippen LogP contribution is 2.30. The van der Waals surface area contributed by atoms with Crippen LogP contribution in [0.4, 0.5) is 0 Å². The van der Waals surface area contributed by atoms with E-state index in [-0.39, 0.29) is 12.1 Å². The Kier molecular flexibility index (Phi) is 8.69. The van der Waals surface area contributed by atoms with Crippen molar-refractivity contribution in [1.29, 1.82) is 0 Å². The van der Waals surface area contributed by atoms with Crippen molar-refractivity contribution in [2.45, 2.75) is 45.1 Å². The third-order valence-corrected chi connectivity index (χ3v) is 3.76. The molecule has 1 atom stereocenters. The van der Waals surface area contributed by atoms with Gasteiger partial charge in [-0.05, 0) is 50.7 Å². The highest BCUT2D eigenvalue weighted by atomic mass is 16.5. The summed E-state index contributed by atoms with van der Waals surface area (Å²) in [6.07, 6.45) is 7.89. The highest BCUT2D eigenvalue weighted by Gasteiger charge is 2.21. The van der Waals surface area contributed by atoms with Crippen molar-refractivity contribution in [3.05, 3.63) is 48.6 Å². The molecule has 0 fully saturated rings. The van der Waals surface area contributed by atoms with Gasteiger partial charge in [-0.25, -0.2) is 4.79 Å². The van der Waals surface area contributed by atoms with Crippen LogP contribution in [0.3, 0.4) is 0 Å². The number of ether oxygens (including phenoxy) is 3. The second-order valence-corrected chi connectivity index (χ2v) is 5.65. The number of hydrogen-bond donors (Lipinski definition) is 0. The Morgan fingerprint density at radius 2 is 1.92 bits per heavy atom. The van der Waals surface area contributed by atoms with Gasteiger partial charge in [0, 0.05) is 6.07 Å². The van der Waals surface area contributed by atoms with E-state index in [4.69, 9.17) is 14.2 Å². The first-order chi connectivity index (χ1) is 11.6. The van der Waals surface area contributed by atoms with E-state index in [1.54, 1.807) is 19.3 Å². The number of unbranched alkanes of at least 4 members (excludes halogenated alkanes) is 2. The SMILES string of the molecule is C=CCCCC[C@@H](C)OC(=O)c1c(CC=C)cc(OC)cc1OC. The molecule has 0 bridgehead atoms. The van der Waals surface area contributed by atoms with Crippen molar-refractivity contribution in [2.24, 2.45) is 0 Å². The van der Waals surface area contributed by atoms with Gasteiger partial charge in [0.25, 0.3) is 0 Å². The molecular weight excluding hydrogens is 304 g/mol. The van der Waals surface area contributed by atoms with E-state index in [0.29, 0.717) is 23.5 Å². The third-order valence-electron chi connectivity index (χ3n) is 3.76. The number of methoxy groups -OCH3 is 2. The van der Waals surface area contributed by atoms with Crippen molar-refractivity contribution in [3.8, 4) is 11.5 Å². The van der Waals surface area contributed by atoms with Gasteiger partial charge in [-0.15, -0.1) is 13.2 Å². The van der Waals surface area contributed by atoms with Crippen LogP contribution in [-0.4, -0.2) is 26.3 Å². The topological polar surface area (TPSA) is 44.8 Å². The minimum atomic E-state index is -0.373. The maximum absolute atomic E-state index is 12.6. The van der Waals surface area contributed by atoms with Crippen molar-refractivity contribution in [3.63, 3.8) is 0 Å². The molecular formula is C20H28O4. The van der Waals surface area contributed by atoms with E-state index in [9.17, 15) is 4.79 Å². The van der Waals surface area contributed by atoms with Crippen LogP contribution >= 0.6 is 0 Å². The van der Waals surface area contributed by atoms with Crippen LogP contribution < -0.4 is 9.47 Å². The summed E-state index contributed by atoms with van der Waals surface area (Å²) in [5.41, 5.74) is 1.22. The molecule has 24 heavy (non-hydrogen) atoms. The summed E-state index contributed by atoms with van der Waals surface area (Å²) in [6, 6.07) is 3.51. The van der Waals surface area contributed by atoms with Crippen molar-refractivity contribution >= 4 is 5.97 Å². The molecule has 0 saturated carbocycles. The zero-order valence-corrected chi connectivity index (χ0v) is 15.0. The average molecular weight is 332 g/mol. The van der Waals surface area contributed by atoms with Gasteiger partial charge >= 0.3 is 5.97 Å². The van der Waals surface area contributed by atoms with Gasteiger partial charge in [0.05, 0.1) is 20.3 Å². The van der Waals surface area contributed by atoms with Crippen LogP contribution in [0.2, 0.25) is 0 Å². The predicted octanol–water partition coefficient (Wildman–Crippen LogP) is 4.72. The van der Waals surface area contributed by atoms with E-state index in [1.807, 2.05) is 19.1 Å². The van der Waals surface area contributed by atoms with E-state index < -0.39 is 0 Å². The predicted molar refractivity (Wildman–Crippen MR) is 97.0 cm³/mol. The Bertz CT molecular complexity index is 563. The van der Waals surface area contributed by atoms with Crippen molar-refractivity contribution in [1.82, 2.24) is 0 Å². The van der Waals surface area contributed by atoms with Crippen LogP contribution in [-0.2, 0) is 11.2 Å². The molecule has 1 aromatic carbocycles. The van der Waals surface area contributed by atoms with Crippen molar-refractivity contribution in [2.75, 3.05) is 14.2 Å². The number of carbonyl (C=O) groups is 1. The lowest BCUT2D eigenvalue weighted by atomic mass is 10.0. The maximum Gasteiger partial charge on any atom is 0.342 e. The highest BCUT2D eigenvalue weighted by molar-refractivity contribution is 5.94. The Labute approximate surface area is 145 Å². The summed E-state index contributed by atoms with van der Waals surface area (Å²) in [7, 11) is 3.11. The minimum absolute atomic E-state index is 0.147. The number of benzene rings is 1. The van der Waals surface area contributed by atoms with Crippen LogP contribution in [0.5, 0.6) is 11.5 Å². The standard InChI is InChI=1S/C20H28O4/c1-6-8-9-10-12-15(3)24-20(21)19-16(11-7-2)13-17(22-4)14-18(19)23-5/h6-7,13-15H,1-2,8-12H2,3-5H3/t15-/m1/s1. The lowest BCUT2D eigenvalue weighted by molar-refractivity contribution is 0.0315. The number of carbonyl (C=O) groups excluding carboxylic acids is 1. The van der Waals surface area contributed by atoms with Gasteiger partial charge in [-0.3, -0.25) is 0 Å². The first-order valence-electron chi connectivity index (χ1n) is 8.25. The molecule has 0 N–H and O–H groups in total. The molecule has 0 unspecified atom stereocenters. The fraction of sp³-hybridized carbons (Fsp3) is 0.450. The lowest BCUT2D eigenvalue weighted by Gasteiger charge is -2.17. The summed E-state index contributed by atoms with van der Waals surface area (Å²) in [4.78, 5) is 12.6. The molecule has 0 saturated heterocycles. The van der Waals surface area contributed by atoms with Gasteiger partial charge in [0.2, 0.25) is 0 Å². The molecule has 4 heteroatoms. The van der Waals surface area contributed by atoms with E-state index in [0.717, 1.165) is 31.2 Å². The zero-order valence-electron chi connectivity index (χ0n) is 15.0. The molecule has 1 rings (SSSR count). The van der Waals surface area contributed by atoms with Gasteiger partial charge in [-0.1, -0.05) is 12.2 Å². The molecule has 0 aliphatic heterocycles. The minimum Gasteiger partial charge on any atom is -0.497 e. The Morgan fingerprint density at radius 3 is 2.50 bits per heavy atom. The van der Waals surface area contributed by atoms with E-state index >= 15 is 0 Å². The first-order valence-corrected chi connectivity index (χ1v) is 8.25. The molecule has 4 nitrogen and oxygen atoms in total. The summed E-state index contributed by atoms with van der Waals surface area (Å²) in [5, 5.41) is 0. The Morgan fingerprint density at radius 1 is 1.17 bits per heavy atom. The molecule has 1 aromatic rings. The van der Waals surface area contributed by atoms with Crippen LogP contribution in [0, 0.1) is 0 Å². The number of esters is 1. The molecule has 0 amide bonds. The summed E-state index contributed by atoms with van der Waals surface area (Å²) in [6.45, 7) is 9.36. The van der Waals surface area contributed by atoms with E-state index in [1.165, 1.54) is 7.11 Å². The Hall–Kier alpha value is -2.23. The monoisotopic (exact) mass is 332 g/mol. The van der Waals surface area contributed by atoms with Crippen LogP contribution in [0.15, 0.2) is 37.4 Å². The molecule has 0 aliphatic carbocycles. The summed E-state index contributed by atoms with van der Waals surface area (Å²) < 4.78 is 16.2. The normalized spacial score (nSPS) is 11.5. The molecule has 0 aromatic heterocycles. The largest absolute Gasteiger partial charge is 0.497 e. The lowest BCUT2D eigenvalue weighted by Crippen LogP contribution is -2.17. The summed E-state index contributed by atoms with van der Waals surface area (Å²) >= 11 is 0.